The van der Waals surface area contributed by atoms with Gasteiger partial charge in [-0.1, -0.05) is 6.07 Å². The lowest BCUT2D eigenvalue weighted by molar-refractivity contribution is -0.383. The first-order chi connectivity index (χ1) is 9.04. The van der Waals surface area contributed by atoms with Crippen LogP contribution in [0.25, 0.3) is 0 Å². The topological polar surface area (TPSA) is 114 Å². The van der Waals surface area contributed by atoms with Crippen molar-refractivity contribution in [3.05, 3.63) is 28.3 Å². The number of nitrogens with zero attached hydrogens (tertiary/aromatic N) is 2. The van der Waals surface area contributed by atoms with Gasteiger partial charge in [-0.3, -0.25) is 20.8 Å². The Morgan fingerprint density at radius 2 is 2.21 bits per heavy atom. The number of amides is 1. The lowest BCUT2D eigenvalue weighted by Crippen LogP contribution is -2.35. The molecule has 0 saturated carbocycles. The summed E-state index contributed by atoms with van der Waals surface area (Å²) in [4.78, 5) is 23.7. The minimum Gasteiger partial charge on any atom is -0.358 e. The van der Waals surface area contributed by atoms with Gasteiger partial charge in [0.05, 0.1) is 11.5 Å². The van der Waals surface area contributed by atoms with Crippen molar-refractivity contribution in [3.8, 4) is 0 Å². The second kappa shape index (κ2) is 6.55. The highest BCUT2D eigenvalue weighted by Gasteiger charge is 2.23. The predicted molar refractivity (Wildman–Crippen MR) is 72.9 cm³/mol. The molecule has 0 atom stereocenters. The zero-order chi connectivity index (χ0) is 14.4. The van der Waals surface area contributed by atoms with Crippen LogP contribution >= 0.6 is 0 Å². The Labute approximate surface area is 110 Å². The first-order valence-corrected chi connectivity index (χ1v) is 5.74. The molecule has 19 heavy (non-hydrogen) atoms. The van der Waals surface area contributed by atoms with Gasteiger partial charge in [-0.25, -0.2) is 0 Å². The molecular formula is C11H17N5O3. The standard InChI is InChI=1S/C11H17N5O3/c1-3-15(7-10(17)13-2)9-6-4-5-8(14-12)11(9)16(18)19/h4-6,14H,3,7,12H2,1-2H3,(H,13,17). The summed E-state index contributed by atoms with van der Waals surface area (Å²) in [6, 6.07) is 4.74. The molecule has 0 spiro atoms. The number of likely N-dealkylation sites (N-methyl/N-ethyl adjacent to an activating group) is 2. The number of nitrogen functional groups attached to an aromatic ring is 1. The zero-order valence-corrected chi connectivity index (χ0v) is 10.8. The molecule has 8 heteroatoms. The van der Waals surface area contributed by atoms with Gasteiger partial charge in [0.15, 0.2) is 0 Å². The molecule has 0 bridgehead atoms. The van der Waals surface area contributed by atoms with Crippen LogP contribution in [0.4, 0.5) is 17.1 Å². The van der Waals surface area contributed by atoms with E-state index in [1.165, 1.54) is 13.1 Å². The van der Waals surface area contributed by atoms with E-state index in [-0.39, 0.29) is 23.8 Å². The molecule has 4 N–H and O–H groups in total. The lowest BCUT2D eigenvalue weighted by atomic mass is 10.2. The van der Waals surface area contributed by atoms with Gasteiger partial charge in [-0.2, -0.15) is 0 Å². The predicted octanol–water partition coefficient (Wildman–Crippen LogP) is 0.453. The molecule has 0 aliphatic heterocycles. The third-order valence-electron chi connectivity index (χ3n) is 2.69. The molecule has 0 unspecified atom stereocenters. The molecule has 0 aliphatic rings. The van der Waals surface area contributed by atoms with Crippen molar-refractivity contribution in [2.45, 2.75) is 6.92 Å². The van der Waals surface area contributed by atoms with E-state index in [0.29, 0.717) is 12.2 Å². The van der Waals surface area contributed by atoms with Crippen molar-refractivity contribution in [2.75, 3.05) is 30.5 Å². The highest BCUT2D eigenvalue weighted by molar-refractivity contribution is 5.84. The van der Waals surface area contributed by atoms with Gasteiger partial charge in [-0.05, 0) is 19.1 Å². The summed E-state index contributed by atoms with van der Waals surface area (Å²) >= 11 is 0. The minimum atomic E-state index is -0.517. The number of nitro groups is 1. The Morgan fingerprint density at radius 1 is 1.53 bits per heavy atom. The summed E-state index contributed by atoms with van der Waals surface area (Å²) in [5.74, 6) is 5.05. The van der Waals surface area contributed by atoms with Crippen molar-refractivity contribution < 1.29 is 9.72 Å². The quantitative estimate of drug-likeness (QED) is 0.392. The van der Waals surface area contributed by atoms with Gasteiger partial charge in [0.2, 0.25) is 5.91 Å². The maximum Gasteiger partial charge on any atom is 0.316 e. The minimum absolute atomic E-state index is 0.0435. The van der Waals surface area contributed by atoms with Gasteiger partial charge in [-0.15, -0.1) is 0 Å². The van der Waals surface area contributed by atoms with E-state index in [2.05, 4.69) is 10.7 Å². The second-order valence-corrected chi connectivity index (χ2v) is 3.76. The van der Waals surface area contributed by atoms with Crippen molar-refractivity contribution in [3.63, 3.8) is 0 Å². The second-order valence-electron chi connectivity index (χ2n) is 3.76. The molecule has 0 saturated heterocycles. The average molecular weight is 267 g/mol. The molecule has 1 amide bonds. The van der Waals surface area contributed by atoms with Crippen LogP contribution in [0.3, 0.4) is 0 Å². The van der Waals surface area contributed by atoms with E-state index in [9.17, 15) is 14.9 Å². The van der Waals surface area contributed by atoms with Crippen molar-refractivity contribution in [1.82, 2.24) is 5.32 Å². The number of hydrogen-bond acceptors (Lipinski definition) is 6. The van der Waals surface area contributed by atoms with Crippen LogP contribution in [0.1, 0.15) is 6.92 Å². The van der Waals surface area contributed by atoms with Gasteiger partial charge in [0, 0.05) is 13.6 Å². The normalized spacial score (nSPS) is 9.84. The highest BCUT2D eigenvalue weighted by Crippen LogP contribution is 2.34. The molecule has 0 aromatic heterocycles. The molecule has 0 fully saturated rings. The number of carbonyl (C=O) groups is 1. The Balaban J connectivity index is 3.23. The average Bonchev–Trinajstić information content (AvgIpc) is 2.43. The number of nitro benzene ring substituents is 1. The van der Waals surface area contributed by atoms with E-state index >= 15 is 0 Å². The van der Waals surface area contributed by atoms with Crippen molar-refractivity contribution >= 4 is 23.0 Å². The van der Waals surface area contributed by atoms with E-state index in [1.54, 1.807) is 17.0 Å². The Hall–Kier alpha value is -2.35. The fraction of sp³-hybridized carbons (Fsp3) is 0.364. The van der Waals surface area contributed by atoms with E-state index in [4.69, 9.17) is 5.84 Å². The van der Waals surface area contributed by atoms with E-state index in [0.717, 1.165) is 0 Å². The summed E-state index contributed by atoms with van der Waals surface area (Å²) in [6.45, 7) is 2.32. The number of nitrogens with one attached hydrogen (secondary N) is 2. The zero-order valence-electron chi connectivity index (χ0n) is 10.8. The number of hydrazine groups is 1. The first kappa shape index (κ1) is 14.7. The van der Waals surface area contributed by atoms with Crippen LogP contribution in [-0.2, 0) is 4.79 Å². The SMILES string of the molecule is CCN(CC(=O)NC)c1cccc(NN)c1[N+](=O)[O-]. The Kier molecular flexibility index (Phi) is 5.07. The smallest absolute Gasteiger partial charge is 0.316 e. The van der Waals surface area contributed by atoms with Crippen LogP contribution in [-0.4, -0.2) is 31.0 Å². The number of carbonyl (C=O) groups excluding carboxylic acids is 1. The summed E-state index contributed by atoms with van der Waals surface area (Å²) < 4.78 is 0. The van der Waals surface area contributed by atoms with Crippen LogP contribution in [0.15, 0.2) is 18.2 Å². The highest BCUT2D eigenvalue weighted by atomic mass is 16.6. The summed E-state index contributed by atoms with van der Waals surface area (Å²) in [7, 11) is 1.52. The van der Waals surface area contributed by atoms with Gasteiger partial charge < -0.3 is 15.6 Å². The lowest BCUT2D eigenvalue weighted by Gasteiger charge is -2.22. The van der Waals surface area contributed by atoms with Crippen molar-refractivity contribution in [1.29, 1.82) is 0 Å². The molecule has 0 radical (unpaired) electrons. The van der Waals surface area contributed by atoms with Crippen LogP contribution in [0.2, 0.25) is 0 Å². The third kappa shape index (κ3) is 3.32. The molecule has 8 nitrogen and oxygen atoms in total. The number of nitrogens with two attached hydrogens (primary N) is 1. The number of para-hydroxylation sites is 1. The third-order valence-corrected chi connectivity index (χ3v) is 2.69. The number of anilines is 2. The fourth-order valence-electron chi connectivity index (χ4n) is 1.71. The monoisotopic (exact) mass is 267 g/mol. The van der Waals surface area contributed by atoms with E-state index in [1.807, 2.05) is 6.92 Å². The fourth-order valence-corrected chi connectivity index (χ4v) is 1.71. The summed E-state index contributed by atoms with van der Waals surface area (Å²) in [6.07, 6.45) is 0. The molecule has 0 heterocycles. The molecular weight excluding hydrogens is 250 g/mol. The molecule has 1 aromatic carbocycles. The van der Waals surface area contributed by atoms with Gasteiger partial charge in [0.1, 0.15) is 11.4 Å². The maximum atomic E-state index is 11.4. The number of rotatable bonds is 6. The van der Waals surface area contributed by atoms with Crippen LogP contribution in [0, 0.1) is 10.1 Å². The molecule has 1 rings (SSSR count). The van der Waals surface area contributed by atoms with Crippen LogP contribution < -0.4 is 21.5 Å². The van der Waals surface area contributed by atoms with Gasteiger partial charge >= 0.3 is 5.69 Å². The summed E-state index contributed by atoms with van der Waals surface area (Å²) in [5, 5.41) is 13.6. The largest absolute Gasteiger partial charge is 0.358 e. The van der Waals surface area contributed by atoms with Crippen LogP contribution in [0.5, 0.6) is 0 Å². The molecule has 1 aromatic rings. The number of hydrogen-bond donors (Lipinski definition) is 3. The Bertz CT molecular complexity index is 477. The van der Waals surface area contributed by atoms with Crippen molar-refractivity contribution in [2.24, 2.45) is 5.84 Å². The Morgan fingerprint density at radius 3 is 2.68 bits per heavy atom. The maximum absolute atomic E-state index is 11.4. The molecule has 0 aliphatic carbocycles. The first-order valence-electron chi connectivity index (χ1n) is 5.74. The van der Waals surface area contributed by atoms with E-state index < -0.39 is 4.92 Å². The van der Waals surface area contributed by atoms with Gasteiger partial charge in [0.25, 0.3) is 0 Å². The number of benzene rings is 1. The molecule has 104 valence electrons. The summed E-state index contributed by atoms with van der Waals surface area (Å²) in [5.41, 5.74) is 2.71.